The Morgan fingerprint density at radius 1 is 1.00 bits per heavy atom. The predicted molar refractivity (Wildman–Crippen MR) is 128 cm³/mol. The highest BCUT2D eigenvalue weighted by Gasteiger charge is 2.33. The summed E-state index contributed by atoms with van der Waals surface area (Å²) >= 11 is 6.14. The fourth-order valence-electron chi connectivity index (χ4n) is 4.88. The maximum atomic E-state index is 13.8. The van der Waals surface area contributed by atoms with Crippen molar-refractivity contribution in [1.82, 2.24) is 15.1 Å². The molecule has 0 atom stereocenters. The Hall–Kier alpha value is -2.57. The summed E-state index contributed by atoms with van der Waals surface area (Å²) in [6.45, 7) is 1.32. The van der Waals surface area contributed by atoms with Crippen LogP contribution in [-0.4, -0.2) is 41.1 Å². The third-order valence-electron chi connectivity index (χ3n) is 6.56. The number of carbonyl (C=O) groups excluding carboxylic acids is 1. The van der Waals surface area contributed by atoms with E-state index in [4.69, 9.17) is 21.4 Å². The molecule has 32 heavy (non-hydrogen) atoms. The summed E-state index contributed by atoms with van der Waals surface area (Å²) in [6.07, 6.45) is 7.30. The normalized spacial score (nSPS) is 18.0. The average Bonchev–Trinajstić information content (AvgIpc) is 3.20. The van der Waals surface area contributed by atoms with Crippen LogP contribution in [0.4, 0.5) is 10.6 Å². The van der Waals surface area contributed by atoms with Gasteiger partial charge in [-0.3, -0.25) is 4.90 Å². The van der Waals surface area contributed by atoms with Gasteiger partial charge in [-0.15, -0.1) is 0 Å². The van der Waals surface area contributed by atoms with E-state index < -0.39 is 0 Å². The second-order valence-electron chi connectivity index (χ2n) is 8.73. The number of benzene rings is 2. The summed E-state index contributed by atoms with van der Waals surface area (Å²) in [5.74, 6) is 0.808. The highest BCUT2D eigenvalue weighted by Crippen LogP contribution is 2.34. The quantitative estimate of drug-likeness (QED) is 0.551. The fraction of sp³-hybridized carbons (Fsp3) is 0.440. The zero-order valence-electron chi connectivity index (χ0n) is 18.2. The molecule has 2 aromatic carbocycles. The van der Waals surface area contributed by atoms with E-state index in [-0.39, 0.29) is 18.1 Å². The molecule has 1 aliphatic heterocycles. The van der Waals surface area contributed by atoms with Crippen LogP contribution in [0.25, 0.3) is 16.6 Å². The molecule has 2 amide bonds. The van der Waals surface area contributed by atoms with Crippen LogP contribution in [0.3, 0.4) is 0 Å². The summed E-state index contributed by atoms with van der Waals surface area (Å²) in [5.41, 5.74) is 1.74. The van der Waals surface area contributed by atoms with Gasteiger partial charge in [-0.2, -0.15) is 5.10 Å². The SMILES string of the molecule is O=C(NC1CCCCC1)N(c1c2ccccc2nn1-c1ccc(Cl)cc1)C1CCOCC1. The number of halogens is 1. The van der Waals surface area contributed by atoms with Gasteiger partial charge in [-0.05, 0) is 62.1 Å². The lowest BCUT2D eigenvalue weighted by atomic mass is 9.95. The zero-order chi connectivity index (χ0) is 21.9. The van der Waals surface area contributed by atoms with E-state index >= 15 is 0 Å². The van der Waals surface area contributed by atoms with Crippen molar-refractivity contribution in [2.24, 2.45) is 0 Å². The van der Waals surface area contributed by atoms with Crippen molar-refractivity contribution >= 4 is 34.4 Å². The molecule has 3 aromatic rings. The van der Waals surface area contributed by atoms with Gasteiger partial charge in [0, 0.05) is 35.7 Å². The van der Waals surface area contributed by atoms with Gasteiger partial charge < -0.3 is 10.1 Å². The maximum Gasteiger partial charge on any atom is 0.323 e. The van der Waals surface area contributed by atoms with E-state index in [2.05, 4.69) is 5.32 Å². The Morgan fingerprint density at radius 3 is 2.47 bits per heavy atom. The lowest BCUT2D eigenvalue weighted by Gasteiger charge is -2.36. The van der Waals surface area contributed by atoms with Crippen molar-refractivity contribution in [3.63, 3.8) is 0 Å². The van der Waals surface area contributed by atoms with E-state index in [1.807, 2.05) is 58.1 Å². The van der Waals surface area contributed by atoms with Gasteiger partial charge in [0.25, 0.3) is 0 Å². The molecular formula is C25H29ClN4O2. The molecule has 1 saturated carbocycles. The first-order valence-corrected chi connectivity index (χ1v) is 12.0. The number of nitrogens with zero attached hydrogens (tertiary/aromatic N) is 3. The molecule has 7 heteroatoms. The van der Waals surface area contributed by atoms with Crippen LogP contribution >= 0.6 is 11.6 Å². The van der Waals surface area contributed by atoms with Gasteiger partial charge in [-0.1, -0.05) is 43.0 Å². The second-order valence-corrected chi connectivity index (χ2v) is 9.16. The average molecular weight is 453 g/mol. The Bertz CT molecular complexity index is 1070. The molecule has 1 N–H and O–H groups in total. The molecule has 2 heterocycles. The van der Waals surface area contributed by atoms with Crippen LogP contribution in [0, 0.1) is 0 Å². The molecular weight excluding hydrogens is 424 g/mol. The van der Waals surface area contributed by atoms with E-state index in [0.29, 0.717) is 18.2 Å². The van der Waals surface area contributed by atoms with Crippen LogP contribution in [0.5, 0.6) is 0 Å². The van der Waals surface area contributed by atoms with Crippen molar-refractivity contribution in [3.05, 3.63) is 53.6 Å². The molecule has 1 aliphatic carbocycles. The first-order chi connectivity index (χ1) is 15.7. The minimum atomic E-state index is -0.0373. The van der Waals surface area contributed by atoms with Gasteiger partial charge in [0.1, 0.15) is 5.82 Å². The van der Waals surface area contributed by atoms with Crippen LogP contribution < -0.4 is 10.2 Å². The number of urea groups is 1. The predicted octanol–water partition coefficient (Wildman–Crippen LogP) is 5.71. The summed E-state index contributed by atoms with van der Waals surface area (Å²) in [4.78, 5) is 15.7. The number of carbonyl (C=O) groups is 1. The van der Waals surface area contributed by atoms with E-state index in [1.165, 1.54) is 19.3 Å². The van der Waals surface area contributed by atoms with Crippen LogP contribution in [0.1, 0.15) is 44.9 Å². The minimum absolute atomic E-state index is 0.0373. The molecule has 2 aliphatic rings. The molecule has 2 fully saturated rings. The van der Waals surface area contributed by atoms with Crippen LogP contribution in [0.2, 0.25) is 5.02 Å². The summed E-state index contributed by atoms with van der Waals surface area (Å²) in [7, 11) is 0. The fourth-order valence-corrected chi connectivity index (χ4v) is 5.01. The molecule has 168 valence electrons. The van der Waals surface area contributed by atoms with Crippen LogP contribution in [-0.2, 0) is 4.74 Å². The van der Waals surface area contributed by atoms with Gasteiger partial charge in [-0.25, -0.2) is 9.48 Å². The van der Waals surface area contributed by atoms with Gasteiger partial charge in [0.05, 0.1) is 11.2 Å². The molecule has 0 spiro atoms. The number of rotatable bonds is 4. The van der Waals surface area contributed by atoms with E-state index in [0.717, 1.165) is 48.1 Å². The standard InChI is InChI=1S/C25H29ClN4O2/c26-18-10-12-21(13-11-18)30-24(22-8-4-5-9-23(22)28-30)29(20-14-16-32-17-15-20)25(31)27-19-6-2-1-3-7-19/h4-5,8-13,19-20H,1-3,6-7,14-17H2,(H,27,31). The smallest absolute Gasteiger partial charge is 0.323 e. The zero-order valence-corrected chi connectivity index (χ0v) is 18.9. The number of anilines is 1. The number of aromatic nitrogens is 2. The number of fused-ring (bicyclic) bond motifs is 1. The van der Waals surface area contributed by atoms with Gasteiger partial charge in [0.15, 0.2) is 0 Å². The first kappa shape index (κ1) is 21.3. The van der Waals surface area contributed by atoms with Crippen LogP contribution in [0.15, 0.2) is 48.5 Å². The lowest BCUT2D eigenvalue weighted by molar-refractivity contribution is 0.0852. The molecule has 0 unspecified atom stereocenters. The number of nitrogens with one attached hydrogen (secondary N) is 1. The van der Waals surface area contributed by atoms with Gasteiger partial charge >= 0.3 is 6.03 Å². The molecule has 6 nitrogen and oxygen atoms in total. The number of ether oxygens (including phenoxy) is 1. The summed E-state index contributed by atoms with van der Waals surface area (Å²) in [5, 5.41) is 9.85. The number of amides is 2. The minimum Gasteiger partial charge on any atom is -0.381 e. The number of hydrogen-bond acceptors (Lipinski definition) is 3. The Balaban J connectivity index is 1.60. The van der Waals surface area contributed by atoms with Crippen molar-refractivity contribution in [2.75, 3.05) is 18.1 Å². The molecule has 1 aromatic heterocycles. The molecule has 5 rings (SSSR count). The molecule has 0 radical (unpaired) electrons. The molecule has 0 bridgehead atoms. The van der Waals surface area contributed by atoms with E-state index in [1.54, 1.807) is 0 Å². The highest BCUT2D eigenvalue weighted by atomic mass is 35.5. The molecule has 1 saturated heterocycles. The Kier molecular flexibility index (Phi) is 6.32. The largest absolute Gasteiger partial charge is 0.381 e. The third-order valence-corrected chi connectivity index (χ3v) is 6.81. The summed E-state index contributed by atoms with van der Waals surface area (Å²) < 4.78 is 7.50. The topological polar surface area (TPSA) is 59.4 Å². The van der Waals surface area contributed by atoms with Gasteiger partial charge in [0.2, 0.25) is 0 Å². The van der Waals surface area contributed by atoms with E-state index in [9.17, 15) is 4.79 Å². The highest BCUT2D eigenvalue weighted by molar-refractivity contribution is 6.30. The monoisotopic (exact) mass is 452 g/mol. The van der Waals surface area contributed by atoms with Crippen molar-refractivity contribution in [3.8, 4) is 5.69 Å². The lowest BCUT2D eigenvalue weighted by Crippen LogP contribution is -2.52. The Labute approximate surface area is 193 Å². The second kappa shape index (κ2) is 9.51. The first-order valence-electron chi connectivity index (χ1n) is 11.6. The van der Waals surface area contributed by atoms with Crippen molar-refractivity contribution < 1.29 is 9.53 Å². The number of hydrogen-bond donors (Lipinski definition) is 1. The van der Waals surface area contributed by atoms with Crippen molar-refractivity contribution in [1.29, 1.82) is 0 Å². The Morgan fingerprint density at radius 2 is 1.72 bits per heavy atom. The summed E-state index contributed by atoms with van der Waals surface area (Å²) in [6, 6.07) is 15.9. The third kappa shape index (κ3) is 4.34. The van der Waals surface area contributed by atoms with Crippen molar-refractivity contribution in [2.45, 2.75) is 57.0 Å². The maximum absolute atomic E-state index is 13.8.